The fraction of sp³-hybridized carbons (Fsp3) is 0.475. The van der Waals surface area contributed by atoms with Crippen LogP contribution in [0.2, 0.25) is 18.6 Å². The van der Waals surface area contributed by atoms with E-state index in [9.17, 15) is 14.7 Å². The van der Waals surface area contributed by atoms with Crippen molar-refractivity contribution in [1.82, 2.24) is 4.90 Å². The highest BCUT2D eigenvalue weighted by Crippen LogP contribution is 2.60. The predicted octanol–water partition coefficient (Wildman–Crippen LogP) is 4.97. The van der Waals surface area contributed by atoms with Crippen molar-refractivity contribution in [2.45, 2.75) is 82.0 Å². The van der Waals surface area contributed by atoms with Gasteiger partial charge in [-0.25, -0.2) is 0 Å². The van der Waals surface area contributed by atoms with Crippen molar-refractivity contribution in [3.8, 4) is 11.5 Å². The van der Waals surface area contributed by atoms with E-state index in [4.69, 9.17) is 14.2 Å². The molecule has 3 aromatic carbocycles. The Labute approximate surface area is 301 Å². The van der Waals surface area contributed by atoms with Gasteiger partial charge in [-0.15, -0.1) is 0 Å². The second-order valence-corrected chi connectivity index (χ2v) is 19.7. The average Bonchev–Trinajstić information content (AvgIpc) is 3.91. The van der Waals surface area contributed by atoms with Gasteiger partial charge in [0.1, 0.15) is 11.5 Å². The first-order valence-electron chi connectivity index (χ1n) is 18.2. The number of likely N-dealkylation sites (tertiary alicyclic amines) is 1. The SMILES string of the molecule is COc1ccc([Si](C)(C)[C@H]2[C@H](CC(=O)N3CCC[C@H]3CO)O[C@@]3(C(=O)N(Cc4cccc(N5CCCC5=O)c4)c4ccc(OC)cc43)[C@@H]2C)cc1. The summed E-state index contributed by atoms with van der Waals surface area (Å²) in [5, 5.41) is 11.2. The number of fused-ring (bicyclic) bond motifs is 2. The van der Waals surface area contributed by atoms with E-state index in [0.717, 1.165) is 47.5 Å². The van der Waals surface area contributed by atoms with Gasteiger partial charge in [-0.1, -0.05) is 49.5 Å². The van der Waals surface area contributed by atoms with Gasteiger partial charge in [0.25, 0.3) is 5.91 Å². The molecule has 0 radical (unpaired) electrons. The van der Waals surface area contributed by atoms with Crippen molar-refractivity contribution in [2.75, 3.05) is 43.7 Å². The van der Waals surface area contributed by atoms with E-state index < -0.39 is 19.8 Å². The van der Waals surface area contributed by atoms with E-state index in [0.29, 0.717) is 31.8 Å². The standard InChI is InChI=1S/C40H49N3O7Si/c1-26-38(51(4,5)32-16-13-30(48-2)14-17-32)35(23-37(46)42-19-7-11-29(42)25-44)50-40(26)33-22-31(49-3)15-18-34(33)43(39(40)47)24-27-9-6-10-28(21-27)41-20-8-12-36(41)45/h6,9-10,13-18,21-22,26,29,35,38,44H,7-8,11-12,19-20,23-25H2,1-5H3/t26-,29+,35+,38-,40+/m1/s1. The maximum absolute atomic E-state index is 15.2. The highest BCUT2D eigenvalue weighted by atomic mass is 28.3. The number of aliphatic hydroxyl groups excluding tert-OH is 1. The molecule has 0 bridgehead atoms. The van der Waals surface area contributed by atoms with Crippen LogP contribution in [0.5, 0.6) is 11.5 Å². The molecular formula is C40H49N3O7Si. The van der Waals surface area contributed by atoms with Crippen LogP contribution in [0.4, 0.5) is 11.4 Å². The van der Waals surface area contributed by atoms with Crippen molar-refractivity contribution in [3.05, 3.63) is 77.9 Å². The fourth-order valence-corrected chi connectivity index (χ4v) is 13.4. The molecule has 0 aromatic heterocycles. The van der Waals surface area contributed by atoms with Crippen LogP contribution < -0.4 is 24.5 Å². The van der Waals surface area contributed by atoms with Gasteiger partial charge in [-0.05, 0) is 72.8 Å². The third kappa shape index (κ3) is 5.92. The van der Waals surface area contributed by atoms with Crippen LogP contribution in [0.1, 0.15) is 50.2 Å². The first-order valence-corrected chi connectivity index (χ1v) is 21.2. The molecule has 4 aliphatic heterocycles. The summed E-state index contributed by atoms with van der Waals surface area (Å²) < 4.78 is 18.4. The molecule has 0 saturated carbocycles. The number of hydrogen-bond donors (Lipinski definition) is 1. The molecule has 5 atom stereocenters. The second-order valence-electron chi connectivity index (χ2n) is 15.0. The number of carbonyl (C=O) groups excluding carboxylic acids is 3. The topological polar surface area (TPSA) is 109 Å². The minimum Gasteiger partial charge on any atom is -0.497 e. The number of amides is 3. The summed E-state index contributed by atoms with van der Waals surface area (Å²) in [5.74, 6) is 1.01. The van der Waals surface area contributed by atoms with E-state index in [2.05, 4.69) is 32.2 Å². The van der Waals surface area contributed by atoms with Crippen LogP contribution in [-0.4, -0.2) is 81.9 Å². The minimum atomic E-state index is -2.47. The summed E-state index contributed by atoms with van der Waals surface area (Å²) in [5.41, 5.74) is 1.79. The van der Waals surface area contributed by atoms with Gasteiger partial charge < -0.3 is 34.0 Å². The Kier molecular flexibility index (Phi) is 9.49. The molecule has 1 N–H and O–H groups in total. The van der Waals surface area contributed by atoms with Gasteiger partial charge in [-0.2, -0.15) is 0 Å². The van der Waals surface area contributed by atoms with Gasteiger partial charge in [0.15, 0.2) is 5.60 Å². The monoisotopic (exact) mass is 711 g/mol. The van der Waals surface area contributed by atoms with Crippen LogP contribution in [0.3, 0.4) is 0 Å². The second kappa shape index (κ2) is 13.7. The normalized spacial score (nSPS) is 26.0. The molecule has 51 heavy (non-hydrogen) atoms. The quantitative estimate of drug-likeness (QED) is 0.296. The molecule has 7 rings (SSSR count). The Hall–Kier alpha value is -4.19. The number of benzene rings is 3. The molecule has 3 fully saturated rings. The molecule has 10 nitrogen and oxygen atoms in total. The Morgan fingerprint density at radius 3 is 2.41 bits per heavy atom. The number of carbonyl (C=O) groups is 3. The Bertz CT molecular complexity index is 1820. The van der Waals surface area contributed by atoms with Gasteiger partial charge in [0, 0.05) is 36.7 Å². The predicted molar refractivity (Wildman–Crippen MR) is 198 cm³/mol. The summed E-state index contributed by atoms with van der Waals surface area (Å²) in [4.78, 5) is 47.3. The Morgan fingerprint density at radius 1 is 0.980 bits per heavy atom. The molecule has 270 valence electrons. The zero-order valence-corrected chi connectivity index (χ0v) is 31.3. The zero-order chi connectivity index (χ0) is 36.1. The average molecular weight is 712 g/mol. The zero-order valence-electron chi connectivity index (χ0n) is 30.3. The summed E-state index contributed by atoms with van der Waals surface area (Å²) >= 11 is 0. The number of aliphatic hydroxyl groups is 1. The lowest BCUT2D eigenvalue weighted by atomic mass is 9.82. The van der Waals surface area contributed by atoms with E-state index in [1.54, 1.807) is 19.1 Å². The fourth-order valence-electron chi connectivity index (χ4n) is 9.35. The molecule has 4 aliphatic rings. The van der Waals surface area contributed by atoms with E-state index in [-0.39, 0.29) is 48.3 Å². The Balaban J connectivity index is 1.30. The number of nitrogens with zero attached hydrogens (tertiary/aromatic N) is 3. The maximum Gasteiger partial charge on any atom is 0.264 e. The van der Waals surface area contributed by atoms with E-state index >= 15 is 4.79 Å². The molecule has 4 heterocycles. The van der Waals surface area contributed by atoms with Gasteiger partial charge in [0.2, 0.25) is 11.8 Å². The van der Waals surface area contributed by atoms with Crippen LogP contribution in [-0.2, 0) is 31.3 Å². The third-order valence-electron chi connectivity index (χ3n) is 12.0. The molecule has 3 amide bonds. The molecule has 0 aliphatic carbocycles. The van der Waals surface area contributed by atoms with E-state index in [1.165, 1.54) is 5.19 Å². The number of methoxy groups -OCH3 is 2. The number of hydrogen-bond acceptors (Lipinski definition) is 7. The largest absolute Gasteiger partial charge is 0.497 e. The summed E-state index contributed by atoms with van der Waals surface area (Å²) in [7, 11) is 0.796. The number of anilines is 2. The van der Waals surface area contributed by atoms with Crippen LogP contribution in [0.15, 0.2) is 66.7 Å². The first-order chi connectivity index (χ1) is 24.5. The highest BCUT2D eigenvalue weighted by molar-refractivity contribution is 6.91. The van der Waals surface area contributed by atoms with Gasteiger partial charge in [0.05, 0.1) is 59.7 Å². The lowest BCUT2D eigenvalue weighted by Gasteiger charge is -2.37. The maximum atomic E-state index is 15.2. The van der Waals surface area contributed by atoms with Crippen LogP contribution >= 0.6 is 0 Å². The highest BCUT2D eigenvalue weighted by Gasteiger charge is 2.66. The molecule has 3 saturated heterocycles. The minimum absolute atomic E-state index is 0.0493. The molecule has 11 heteroatoms. The smallest absolute Gasteiger partial charge is 0.264 e. The molecular weight excluding hydrogens is 663 g/mol. The molecule has 0 unspecified atom stereocenters. The number of ether oxygens (including phenoxy) is 3. The molecule has 3 aromatic rings. The van der Waals surface area contributed by atoms with E-state index in [1.807, 2.05) is 64.4 Å². The first kappa shape index (κ1) is 35.2. The van der Waals surface area contributed by atoms with Crippen molar-refractivity contribution in [1.29, 1.82) is 0 Å². The van der Waals surface area contributed by atoms with Crippen LogP contribution in [0.25, 0.3) is 0 Å². The van der Waals surface area contributed by atoms with Crippen molar-refractivity contribution >= 4 is 42.4 Å². The third-order valence-corrected chi connectivity index (χ3v) is 16.3. The Morgan fingerprint density at radius 2 is 1.73 bits per heavy atom. The van der Waals surface area contributed by atoms with Crippen molar-refractivity contribution in [2.24, 2.45) is 5.92 Å². The van der Waals surface area contributed by atoms with Gasteiger partial charge in [-0.3, -0.25) is 14.4 Å². The van der Waals surface area contributed by atoms with Crippen LogP contribution in [0, 0.1) is 5.92 Å². The molecule has 1 spiro atoms. The number of rotatable bonds is 10. The van der Waals surface area contributed by atoms with Crippen molar-refractivity contribution < 1.29 is 33.7 Å². The summed E-state index contributed by atoms with van der Waals surface area (Å²) in [6.45, 7) is 8.24. The van der Waals surface area contributed by atoms with Crippen molar-refractivity contribution in [3.63, 3.8) is 0 Å². The van der Waals surface area contributed by atoms with Gasteiger partial charge >= 0.3 is 0 Å². The lowest BCUT2D eigenvalue weighted by Crippen LogP contribution is -2.52. The summed E-state index contributed by atoms with van der Waals surface area (Å²) in [6, 6.07) is 21.6. The lowest BCUT2D eigenvalue weighted by molar-refractivity contribution is -0.150. The summed E-state index contributed by atoms with van der Waals surface area (Å²) in [6.07, 6.45) is 2.59.